The van der Waals surface area contributed by atoms with E-state index in [0.29, 0.717) is 6.54 Å². The van der Waals surface area contributed by atoms with Gasteiger partial charge in [0, 0.05) is 19.6 Å². The van der Waals surface area contributed by atoms with Gasteiger partial charge in [-0.2, -0.15) is 0 Å². The van der Waals surface area contributed by atoms with Crippen LogP contribution >= 0.6 is 0 Å². The van der Waals surface area contributed by atoms with E-state index in [1.165, 1.54) is 22.3 Å². The number of benzene rings is 3. The Kier molecular flexibility index (Phi) is 6.80. The molecule has 4 nitrogen and oxygen atoms in total. The van der Waals surface area contributed by atoms with Crippen LogP contribution in [-0.4, -0.2) is 30.5 Å². The van der Waals surface area contributed by atoms with Gasteiger partial charge in [0.2, 0.25) is 0 Å². The lowest BCUT2D eigenvalue weighted by Crippen LogP contribution is -2.35. The van der Waals surface area contributed by atoms with Crippen molar-refractivity contribution in [3.8, 4) is 5.75 Å². The van der Waals surface area contributed by atoms with Crippen LogP contribution in [0, 0.1) is 0 Å². The second kappa shape index (κ2) is 10.1. The average molecular weight is 413 g/mol. The van der Waals surface area contributed by atoms with Crippen molar-refractivity contribution in [1.29, 1.82) is 0 Å². The molecule has 0 aliphatic carbocycles. The Balaban J connectivity index is 1.61. The van der Waals surface area contributed by atoms with Gasteiger partial charge in [0.1, 0.15) is 5.75 Å². The highest BCUT2D eigenvalue weighted by Gasteiger charge is 2.29. The van der Waals surface area contributed by atoms with Gasteiger partial charge in [-0.25, -0.2) is 0 Å². The molecule has 1 aliphatic heterocycles. The number of ether oxygens (including phenoxy) is 1. The Hall–Kier alpha value is -3.37. The Morgan fingerprint density at radius 3 is 2.55 bits per heavy atom. The van der Waals surface area contributed by atoms with Crippen molar-refractivity contribution in [2.75, 3.05) is 19.7 Å². The third-order valence-electron chi connectivity index (χ3n) is 5.60. The molecule has 158 valence electrons. The van der Waals surface area contributed by atoms with Gasteiger partial charge in [0.05, 0.1) is 6.04 Å². The van der Waals surface area contributed by atoms with Crippen LogP contribution in [0.1, 0.15) is 28.3 Å². The molecule has 0 saturated carbocycles. The van der Waals surface area contributed by atoms with Gasteiger partial charge in [0.15, 0.2) is 6.61 Å². The van der Waals surface area contributed by atoms with Crippen LogP contribution in [0.15, 0.2) is 91.5 Å². The Labute approximate surface area is 184 Å². The van der Waals surface area contributed by atoms with Crippen LogP contribution < -0.4 is 10.1 Å². The average Bonchev–Trinajstić information content (AvgIpc) is 2.82. The first kappa shape index (κ1) is 20.9. The predicted octanol–water partition coefficient (Wildman–Crippen LogP) is 4.52. The minimum absolute atomic E-state index is 0.00361. The zero-order chi connectivity index (χ0) is 21.5. The highest BCUT2D eigenvalue weighted by atomic mass is 16.5. The van der Waals surface area contributed by atoms with Crippen LogP contribution in [0.25, 0.3) is 0 Å². The van der Waals surface area contributed by atoms with E-state index in [9.17, 15) is 4.79 Å². The summed E-state index contributed by atoms with van der Waals surface area (Å²) in [7, 11) is 0. The Morgan fingerprint density at radius 1 is 1.06 bits per heavy atom. The van der Waals surface area contributed by atoms with E-state index in [0.717, 1.165) is 25.3 Å². The normalized spacial score (nSPS) is 15.7. The molecule has 1 atom stereocenters. The number of carbonyl (C=O) groups is 1. The first-order valence-corrected chi connectivity index (χ1v) is 10.7. The Bertz CT molecular complexity index is 1020. The lowest BCUT2D eigenvalue weighted by molar-refractivity contribution is -0.122. The second-order valence-electron chi connectivity index (χ2n) is 7.76. The molecular weight excluding hydrogens is 384 g/mol. The molecule has 31 heavy (non-hydrogen) atoms. The van der Waals surface area contributed by atoms with Crippen molar-refractivity contribution in [2.45, 2.75) is 19.0 Å². The van der Waals surface area contributed by atoms with Gasteiger partial charge in [-0.1, -0.05) is 72.8 Å². The molecule has 1 N–H and O–H groups in total. The molecule has 0 spiro atoms. The third kappa shape index (κ3) is 5.22. The number of nitrogens with one attached hydrogen (secondary N) is 1. The van der Waals surface area contributed by atoms with Gasteiger partial charge in [-0.05, 0) is 40.8 Å². The maximum atomic E-state index is 11.9. The number of hydrogen-bond donors (Lipinski definition) is 1. The smallest absolute Gasteiger partial charge is 0.258 e. The van der Waals surface area contributed by atoms with E-state index in [-0.39, 0.29) is 18.6 Å². The fourth-order valence-electron chi connectivity index (χ4n) is 4.13. The summed E-state index contributed by atoms with van der Waals surface area (Å²) in [6.07, 6.45) is 2.65. The number of carbonyl (C=O) groups excluding carboxylic acids is 1. The largest absolute Gasteiger partial charge is 0.484 e. The number of rotatable bonds is 8. The standard InChI is InChI=1S/C27H28N2O2/c1-2-16-28-26(30)20-31-24-14-13-22-15-17-29(19-21-9-5-3-6-10-21)27(25(22)18-24)23-11-7-4-8-12-23/h2-14,18,27H,1,15-17,19-20H2,(H,28,30)/t27-/m1/s1. The summed E-state index contributed by atoms with van der Waals surface area (Å²) in [6.45, 7) is 5.93. The third-order valence-corrected chi connectivity index (χ3v) is 5.60. The minimum Gasteiger partial charge on any atom is -0.484 e. The van der Waals surface area contributed by atoms with Crippen LogP contribution in [0.5, 0.6) is 5.75 Å². The lowest BCUT2D eigenvalue weighted by Gasteiger charge is -2.38. The molecule has 0 fully saturated rings. The quantitative estimate of drug-likeness (QED) is 0.553. The van der Waals surface area contributed by atoms with E-state index >= 15 is 0 Å². The van der Waals surface area contributed by atoms with Crippen molar-refractivity contribution in [3.63, 3.8) is 0 Å². The maximum Gasteiger partial charge on any atom is 0.258 e. The second-order valence-corrected chi connectivity index (χ2v) is 7.76. The van der Waals surface area contributed by atoms with Crippen LogP contribution in [-0.2, 0) is 17.8 Å². The monoisotopic (exact) mass is 412 g/mol. The zero-order valence-corrected chi connectivity index (χ0v) is 17.7. The molecule has 1 heterocycles. The van der Waals surface area contributed by atoms with Crippen LogP contribution in [0.2, 0.25) is 0 Å². The van der Waals surface area contributed by atoms with Gasteiger partial charge in [-0.3, -0.25) is 9.69 Å². The van der Waals surface area contributed by atoms with Gasteiger partial charge in [-0.15, -0.1) is 6.58 Å². The van der Waals surface area contributed by atoms with E-state index < -0.39 is 0 Å². The van der Waals surface area contributed by atoms with Crippen LogP contribution in [0.4, 0.5) is 0 Å². The van der Waals surface area contributed by atoms with Crippen molar-refractivity contribution >= 4 is 5.91 Å². The lowest BCUT2D eigenvalue weighted by atomic mass is 9.87. The predicted molar refractivity (Wildman–Crippen MR) is 124 cm³/mol. The van der Waals surface area contributed by atoms with E-state index in [1.807, 2.05) is 6.07 Å². The molecule has 4 heteroatoms. The highest BCUT2D eigenvalue weighted by molar-refractivity contribution is 5.77. The topological polar surface area (TPSA) is 41.6 Å². The molecule has 0 unspecified atom stereocenters. The van der Waals surface area contributed by atoms with Crippen molar-refractivity contribution < 1.29 is 9.53 Å². The molecule has 0 radical (unpaired) electrons. The molecule has 0 bridgehead atoms. The fraction of sp³-hybridized carbons (Fsp3) is 0.222. The molecule has 0 aromatic heterocycles. The van der Waals surface area contributed by atoms with Gasteiger partial charge < -0.3 is 10.1 Å². The summed E-state index contributed by atoms with van der Waals surface area (Å²) >= 11 is 0. The number of amides is 1. The van der Waals surface area contributed by atoms with E-state index in [1.54, 1.807) is 6.08 Å². The Morgan fingerprint density at radius 2 is 1.81 bits per heavy atom. The van der Waals surface area contributed by atoms with Gasteiger partial charge in [0.25, 0.3) is 5.91 Å². The zero-order valence-electron chi connectivity index (χ0n) is 17.7. The summed E-state index contributed by atoms with van der Waals surface area (Å²) in [6, 6.07) is 27.6. The summed E-state index contributed by atoms with van der Waals surface area (Å²) in [5, 5.41) is 2.74. The maximum absolute atomic E-state index is 11.9. The molecule has 4 rings (SSSR count). The van der Waals surface area contributed by atoms with Gasteiger partial charge >= 0.3 is 0 Å². The summed E-state index contributed by atoms with van der Waals surface area (Å²) in [4.78, 5) is 14.4. The highest BCUT2D eigenvalue weighted by Crippen LogP contribution is 2.37. The molecule has 1 aliphatic rings. The fourth-order valence-corrected chi connectivity index (χ4v) is 4.13. The first-order valence-electron chi connectivity index (χ1n) is 10.7. The van der Waals surface area contributed by atoms with Crippen molar-refractivity contribution in [2.24, 2.45) is 0 Å². The van der Waals surface area contributed by atoms with Crippen molar-refractivity contribution in [3.05, 3.63) is 114 Å². The summed E-state index contributed by atoms with van der Waals surface area (Å²) in [5.74, 6) is 0.568. The molecule has 1 amide bonds. The number of hydrogen-bond acceptors (Lipinski definition) is 3. The first-order chi connectivity index (χ1) is 15.2. The molecule has 0 saturated heterocycles. The summed E-state index contributed by atoms with van der Waals surface area (Å²) < 4.78 is 5.80. The van der Waals surface area contributed by atoms with Crippen molar-refractivity contribution in [1.82, 2.24) is 10.2 Å². The number of nitrogens with zero attached hydrogens (tertiary/aromatic N) is 1. The molecular formula is C27H28N2O2. The minimum atomic E-state index is -0.150. The molecule has 3 aromatic carbocycles. The number of fused-ring (bicyclic) bond motifs is 1. The molecule has 3 aromatic rings. The van der Waals surface area contributed by atoms with E-state index in [2.05, 4.69) is 89.6 Å². The van der Waals surface area contributed by atoms with E-state index in [4.69, 9.17) is 4.74 Å². The summed E-state index contributed by atoms with van der Waals surface area (Å²) in [5.41, 5.74) is 5.15. The van der Waals surface area contributed by atoms with Crippen LogP contribution in [0.3, 0.4) is 0 Å². The SMILES string of the molecule is C=CCNC(=O)COc1ccc2c(c1)[C@@H](c1ccccc1)N(Cc1ccccc1)CC2.